The molecular weight excluding hydrogens is 268 g/mol. The number of hydrogen-bond donors (Lipinski definition) is 1. The molecule has 1 aromatic rings. The van der Waals surface area contributed by atoms with Crippen LogP contribution in [0.3, 0.4) is 0 Å². The van der Waals surface area contributed by atoms with Crippen molar-refractivity contribution in [3.05, 3.63) is 29.8 Å². The summed E-state index contributed by atoms with van der Waals surface area (Å²) in [4.78, 5) is 25.9. The van der Waals surface area contributed by atoms with Crippen LogP contribution in [0.1, 0.15) is 25.3 Å². The molecule has 21 heavy (non-hydrogen) atoms. The van der Waals surface area contributed by atoms with Crippen LogP contribution < -0.4 is 5.32 Å². The van der Waals surface area contributed by atoms with E-state index in [9.17, 15) is 9.59 Å². The van der Waals surface area contributed by atoms with Crippen LogP contribution in [0.15, 0.2) is 24.3 Å². The van der Waals surface area contributed by atoms with Crippen molar-refractivity contribution in [3.8, 4) is 0 Å². The van der Waals surface area contributed by atoms with Crippen LogP contribution in [0.2, 0.25) is 0 Å². The third-order valence-electron chi connectivity index (χ3n) is 3.78. The fourth-order valence-electron chi connectivity index (χ4n) is 2.71. The molecule has 0 aromatic heterocycles. The van der Waals surface area contributed by atoms with Gasteiger partial charge in [0, 0.05) is 5.69 Å². The number of para-hydroxylation sites is 1. The highest BCUT2D eigenvalue weighted by Gasteiger charge is 2.29. The Labute approximate surface area is 125 Å². The lowest BCUT2D eigenvalue weighted by molar-refractivity contribution is -0.143. The molecule has 1 aliphatic rings. The van der Waals surface area contributed by atoms with E-state index in [1.54, 1.807) is 0 Å². The van der Waals surface area contributed by atoms with Crippen molar-refractivity contribution in [2.75, 3.05) is 25.5 Å². The molecule has 1 atom stereocenters. The lowest BCUT2D eigenvalue weighted by Gasteiger charge is -2.28. The first-order valence-corrected chi connectivity index (χ1v) is 7.35. The highest BCUT2D eigenvalue weighted by atomic mass is 16.5. The Hall–Kier alpha value is -1.88. The van der Waals surface area contributed by atoms with Crippen LogP contribution in [-0.4, -0.2) is 43.0 Å². The van der Waals surface area contributed by atoms with E-state index in [1.165, 1.54) is 7.11 Å². The summed E-state index contributed by atoms with van der Waals surface area (Å²) in [5.74, 6) is -0.352. The summed E-state index contributed by atoms with van der Waals surface area (Å²) < 4.78 is 4.73. The SMILES string of the molecule is CCCN(CC(=O)OC)C1CCc2ccccc2NC1=O. The van der Waals surface area contributed by atoms with Crippen LogP contribution in [-0.2, 0) is 20.7 Å². The number of rotatable bonds is 5. The molecule has 1 amide bonds. The third-order valence-corrected chi connectivity index (χ3v) is 3.78. The number of anilines is 1. The molecule has 114 valence electrons. The number of ether oxygens (including phenoxy) is 1. The van der Waals surface area contributed by atoms with Gasteiger partial charge in [-0.2, -0.15) is 0 Å². The topological polar surface area (TPSA) is 58.6 Å². The van der Waals surface area contributed by atoms with E-state index in [2.05, 4.69) is 5.32 Å². The third kappa shape index (κ3) is 3.82. The number of amides is 1. The zero-order chi connectivity index (χ0) is 15.2. The predicted octanol–water partition coefficient (Wildman–Crippen LogP) is 1.82. The van der Waals surface area contributed by atoms with Crippen LogP contribution in [0, 0.1) is 0 Å². The first kappa shape index (κ1) is 15.5. The summed E-state index contributed by atoms with van der Waals surface area (Å²) in [6.07, 6.45) is 2.41. The average molecular weight is 290 g/mol. The van der Waals surface area contributed by atoms with E-state index in [0.717, 1.165) is 24.1 Å². The highest BCUT2D eigenvalue weighted by molar-refractivity contribution is 5.96. The van der Waals surface area contributed by atoms with Crippen molar-refractivity contribution in [1.29, 1.82) is 0 Å². The lowest BCUT2D eigenvalue weighted by Crippen LogP contribution is -2.46. The second-order valence-corrected chi connectivity index (χ2v) is 5.25. The summed E-state index contributed by atoms with van der Waals surface area (Å²) in [7, 11) is 1.37. The van der Waals surface area contributed by atoms with E-state index < -0.39 is 0 Å². The Morgan fingerprint density at radius 3 is 2.90 bits per heavy atom. The average Bonchev–Trinajstić information content (AvgIpc) is 2.65. The van der Waals surface area contributed by atoms with Gasteiger partial charge in [0.25, 0.3) is 0 Å². The molecule has 0 bridgehead atoms. The van der Waals surface area contributed by atoms with Gasteiger partial charge in [-0.05, 0) is 37.4 Å². The van der Waals surface area contributed by atoms with E-state index in [1.807, 2.05) is 36.1 Å². The Bertz CT molecular complexity index is 516. The molecule has 2 rings (SSSR count). The number of fused-ring (bicyclic) bond motifs is 1. The molecule has 5 heteroatoms. The van der Waals surface area contributed by atoms with Crippen molar-refractivity contribution >= 4 is 17.6 Å². The number of nitrogens with zero attached hydrogens (tertiary/aromatic N) is 1. The number of carbonyl (C=O) groups excluding carboxylic acids is 2. The lowest BCUT2D eigenvalue weighted by atomic mass is 10.0. The van der Waals surface area contributed by atoms with Crippen molar-refractivity contribution in [2.45, 2.75) is 32.2 Å². The summed E-state index contributed by atoms with van der Waals surface area (Å²) in [6.45, 7) is 2.88. The highest BCUT2D eigenvalue weighted by Crippen LogP contribution is 2.23. The molecule has 0 saturated heterocycles. The van der Waals surface area contributed by atoms with Crippen LogP contribution in [0.5, 0.6) is 0 Å². The standard InChI is InChI=1S/C16H22N2O3/c1-3-10-18(11-15(19)21-2)14-9-8-12-6-4-5-7-13(12)17-16(14)20/h4-7,14H,3,8-11H2,1-2H3,(H,17,20). The van der Waals surface area contributed by atoms with Gasteiger partial charge in [0.05, 0.1) is 19.7 Å². The molecule has 0 spiro atoms. The summed E-state index contributed by atoms with van der Waals surface area (Å²) in [5, 5.41) is 2.97. The van der Waals surface area contributed by atoms with Crippen LogP contribution in [0.4, 0.5) is 5.69 Å². The zero-order valence-corrected chi connectivity index (χ0v) is 12.6. The molecule has 5 nitrogen and oxygen atoms in total. The fraction of sp³-hybridized carbons (Fsp3) is 0.500. The first-order valence-electron chi connectivity index (χ1n) is 7.35. The summed E-state index contributed by atoms with van der Waals surface area (Å²) in [6, 6.07) is 7.54. The molecule has 1 unspecified atom stereocenters. The smallest absolute Gasteiger partial charge is 0.319 e. The number of nitrogens with one attached hydrogen (secondary N) is 1. The van der Waals surface area contributed by atoms with Gasteiger partial charge in [-0.1, -0.05) is 25.1 Å². The number of methoxy groups -OCH3 is 1. The van der Waals surface area contributed by atoms with Gasteiger partial charge >= 0.3 is 5.97 Å². The van der Waals surface area contributed by atoms with E-state index >= 15 is 0 Å². The monoisotopic (exact) mass is 290 g/mol. The number of aryl methyl sites for hydroxylation is 1. The molecule has 1 N–H and O–H groups in total. The van der Waals surface area contributed by atoms with Gasteiger partial charge in [0.2, 0.25) is 5.91 Å². The first-order chi connectivity index (χ1) is 10.2. The maximum Gasteiger partial charge on any atom is 0.319 e. The number of carbonyl (C=O) groups is 2. The number of hydrogen-bond acceptors (Lipinski definition) is 4. The van der Waals surface area contributed by atoms with Gasteiger partial charge in [-0.15, -0.1) is 0 Å². The zero-order valence-electron chi connectivity index (χ0n) is 12.6. The minimum absolute atomic E-state index is 0.0442. The summed E-state index contributed by atoms with van der Waals surface area (Å²) >= 11 is 0. The Morgan fingerprint density at radius 1 is 1.43 bits per heavy atom. The largest absolute Gasteiger partial charge is 0.468 e. The maximum absolute atomic E-state index is 12.5. The van der Waals surface area contributed by atoms with Crippen molar-refractivity contribution in [3.63, 3.8) is 0 Å². The molecule has 0 radical (unpaired) electrons. The van der Waals surface area contributed by atoms with E-state index in [4.69, 9.17) is 4.74 Å². The van der Waals surface area contributed by atoms with Crippen molar-refractivity contribution < 1.29 is 14.3 Å². The second kappa shape index (κ2) is 7.22. The second-order valence-electron chi connectivity index (χ2n) is 5.25. The minimum atomic E-state index is -0.307. The maximum atomic E-state index is 12.5. The molecule has 1 aromatic carbocycles. The van der Waals surface area contributed by atoms with Crippen molar-refractivity contribution in [1.82, 2.24) is 4.90 Å². The van der Waals surface area contributed by atoms with Gasteiger partial charge in [-0.25, -0.2) is 0 Å². The Morgan fingerprint density at radius 2 is 2.19 bits per heavy atom. The molecule has 1 aliphatic heterocycles. The van der Waals surface area contributed by atoms with E-state index in [0.29, 0.717) is 13.0 Å². The normalized spacial score (nSPS) is 17.9. The molecule has 0 aliphatic carbocycles. The van der Waals surface area contributed by atoms with Gasteiger partial charge < -0.3 is 10.1 Å². The minimum Gasteiger partial charge on any atom is -0.468 e. The van der Waals surface area contributed by atoms with E-state index in [-0.39, 0.29) is 24.5 Å². The van der Waals surface area contributed by atoms with Crippen molar-refractivity contribution in [2.24, 2.45) is 0 Å². The Balaban J connectivity index is 2.15. The summed E-state index contributed by atoms with van der Waals surface area (Å²) in [5.41, 5.74) is 2.02. The van der Waals surface area contributed by atoms with Crippen LogP contribution >= 0.6 is 0 Å². The van der Waals surface area contributed by atoms with Gasteiger partial charge in [0.15, 0.2) is 0 Å². The van der Waals surface area contributed by atoms with Gasteiger partial charge in [0.1, 0.15) is 0 Å². The predicted molar refractivity (Wildman–Crippen MR) is 81.1 cm³/mol. The van der Waals surface area contributed by atoms with Crippen LogP contribution in [0.25, 0.3) is 0 Å². The molecule has 0 saturated carbocycles. The Kier molecular flexibility index (Phi) is 5.33. The molecule has 1 heterocycles. The van der Waals surface area contributed by atoms with Gasteiger partial charge in [-0.3, -0.25) is 14.5 Å². The molecular formula is C16H22N2O3. The molecule has 0 fully saturated rings. The number of esters is 1. The number of benzene rings is 1. The fourth-order valence-corrected chi connectivity index (χ4v) is 2.71. The quantitative estimate of drug-likeness (QED) is 0.841.